The summed E-state index contributed by atoms with van der Waals surface area (Å²) in [6, 6.07) is 16.1. The Balaban J connectivity index is 1.56. The Morgan fingerprint density at radius 1 is 1.07 bits per heavy atom. The van der Waals surface area contributed by atoms with Gasteiger partial charge in [0.15, 0.2) is 0 Å². The molecule has 0 unspecified atom stereocenters. The number of anilines is 2. The largest absolute Gasteiger partial charge is 0.462 e. The second-order valence-electron chi connectivity index (χ2n) is 6.33. The highest BCUT2D eigenvalue weighted by Gasteiger charge is 2.22. The second-order valence-corrected chi connectivity index (χ2v) is 6.33. The van der Waals surface area contributed by atoms with Crippen LogP contribution in [-0.2, 0) is 4.74 Å². The van der Waals surface area contributed by atoms with E-state index in [2.05, 4.69) is 16.3 Å². The van der Waals surface area contributed by atoms with E-state index in [1.165, 1.54) is 0 Å². The Labute approximate surface area is 164 Å². The van der Waals surface area contributed by atoms with E-state index in [1.807, 2.05) is 12.1 Å². The van der Waals surface area contributed by atoms with Gasteiger partial charge in [0.25, 0.3) is 0 Å². The summed E-state index contributed by atoms with van der Waals surface area (Å²) >= 11 is 0. The third kappa shape index (κ3) is 4.41. The standard InChI is InChI=1S/C21H22N4O3/c1-2-28-20(26)16-7-9-18(10-8-16)24-11-13-25(14-12-24)21(27)23-19-6-4-3-5-17(19)15-22/h3-10H,2,11-14H2,1H3,(H,23,27). The molecule has 0 aliphatic carbocycles. The van der Waals surface area contributed by atoms with E-state index >= 15 is 0 Å². The number of ether oxygens (including phenoxy) is 1. The number of nitrogens with zero attached hydrogens (tertiary/aromatic N) is 3. The first-order chi connectivity index (χ1) is 13.6. The molecule has 0 saturated carbocycles. The Hall–Kier alpha value is -3.53. The molecule has 2 aromatic rings. The lowest BCUT2D eigenvalue weighted by Gasteiger charge is -2.36. The molecule has 28 heavy (non-hydrogen) atoms. The van der Waals surface area contributed by atoms with Crippen LogP contribution < -0.4 is 10.2 Å². The number of amides is 2. The number of piperazine rings is 1. The van der Waals surface area contributed by atoms with Gasteiger partial charge in [-0.2, -0.15) is 5.26 Å². The van der Waals surface area contributed by atoms with Crippen LogP contribution in [-0.4, -0.2) is 49.7 Å². The summed E-state index contributed by atoms with van der Waals surface area (Å²) in [6.07, 6.45) is 0. The summed E-state index contributed by atoms with van der Waals surface area (Å²) in [5.41, 5.74) is 2.49. The summed E-state index contributed by atoms with van der Waals surface area (Å²) < 4.78 is 5.00. The molecule has 0 atom stereocenters. The minimum atomic E-state index is -0.326. The van der Waals surface area contributed by atoms with E-state index in [4.69, 9.17) is 10.00 Å². The molecule has 1 N–H and O–H groups in total. The molecule has 0 spiro atoms. The van der Waals surface area contributed by atoms with Gasteiger partial charge in [-0.25, -0.2) is 9.59 Å². The molecule has 7 heteroatoms. The molecule has 1 aliphatic rings. The number of nitrogens with one attached hydrogen (secondary N) is 1. The van der Waals surface area contributed by atoms with E-state index in [0.717, 1.165) is 5.69 Å². The monoisotopic (exact) mass is 378 g/mol. The molecule has 2 amide bonds. The number of hydrogen-bond acceptors (Lipinski definition) is 5. The summed E-state index contributed by atoms with van der Waals surface area (Å²) in [4.78, 5) is 28.1. The highest BCUT2D eigenvalue weighted by atomic mass is 16.5. The molecule has 0 bridgehead atoms. The fraction of sp³-hybridized carbons (Fsp3) is 0.286. The van der Waals surface area contributed by atoms with Crippen LogP contribution in [0.2, 0.25) is 0 Å². The van der Waals surface area contributed by atoms with Gasteiger partial charge in [-0.1, -0.05) is 12.1 Å². The first-order valence-electron chi connectivity index (χ1n) is 9.19. The minimum absolute atomic E-state index is 0.208. The lowest BCUT2D eigenvalue weighted by molar-refractivity contribution is 0.0526. The Kier molecular flexibility index (Phi) is 6.12. The van der Waals surface area contributed by atoms with Crippen LogP contribution in [0.4, 0.5) is 16.2 Å². The van der Waals surface area contributed by atoms with Crippen LogP contribution in [0, 0.1) is 11.3 Å². The van der Waals surface area contributed by atoms with Crippen molar-refractivity contribution in [2.75, 3.05) is 43.0 Å². The van der Waals surface area contributed by atoms with Crippen LogP contribution in [0.25, 0.3) is 0 Å². The average molecular weight is 378 g/mol. The topological polar surface area (TPSA) is 85.7 Å². The molecular formula is C21H22N4O3. The number of carbonyl (C=O) groups is 2. The number of rotatable bonds is 4. The lowest BCUT2D eigenvalue weighted by Crippen LogP contribution is -2.50. The van der Waals surface area contributed by atoms with Crippen molar-refractivity contribution in [1.82, 2.24) is 4.90 Å². The Bertz CT molecular complexity index is 881. The van der Waals surface area contributed by atoms with Gasteiger partial charge in [-0.15, -0.1) is 0 Å². The second kappa shape index (κ2) is 8.91. The number of nitriles is 1. The van der Waals surface area contributed by atoms with Gasteiger partial charge in [0, 0.05) is 31.9 Å². The summed E-state index contributed by atoms with van der Waals surface area (Å²) in [5.74, 6) is -0.326. The number of benzene rings is 2. The van der Waals surface area contributed by atoms with Crippen LogP contribution in [0.15, 0.2) is 48.5 Å². The van der Waals surface area contributed by atoms with Gasteiger partial charge < -0.3 is 19.9 Å². The molecule has 144 valence electrons. The summed E-state index contributed by atoms with van der Waals surface area (Å²) in [7, 11) is 0. The average Bonchev–Trinajstić information content (AvgIpc) is 2.74. The Morgan fingerprint density at radius 2 is 1.75 bits per heavy atom. The van der Waals surface area contributed by atoms with Crippen LogP contribution in [0.3, 0.4) is 0 Å². The SMILES string of the molecule is CCOC(=O)c1ccc(N2CCN(C(=O)Nc3ccccc3C#N)CC2)cc1. The fourth-order valence-electron chi connectivity index (χ4n) is 3.07. The maximum Gasteiger partial charge on any atom is 0.338 e. The van der Waals surface area contributed by atoms with E-state index in [1.54, 1.807) is 48.2 Å². The third-order valence-electron chi connectivity index (χ3n) is 4.60. The van der Waals surface area contributed by atoms with Gasteiger partial charge in [0.05, 0.1) is 23.4 Å². The van der Waals surface area contributed by atoms with E-state index < -0.39 is 0 Å². The van der Waals surface area contributed by atoms with E-state index in [0.29, 0.717) is 49.6 Å². The summed E-state index contributed by atoms with van der Waals surface area (Å²) in [6.45, 7) is 4.64. The van der Waals surface area contributed by atoms with Crippen molar-refractivity contribution >= 4 is 23.4 Å². The van der Waals surface area contributed by atoms with Crippen LogP contribution in [0.5, 0.6) is 0 Å². The molecule has 1 fully saturated rings. The van der Waals surface area contributed by atoms with Crippen molar-refractivity contribution in [3.05, 3.63) is 59.7 Å². The molecule has 7 nitrogen and oxygen atoms in total. The van der Waals surface area contributed by atoms with E-state index in [-0.39, 0.29) is 12.0 Å². The Morgan fingerprint density at radius 3 is 2.39 bits per heavy atom. The predicted molar refractivity (Wildman–Crippen MR) is 106 cm³/mol. The number of para-hydroxylation sites is 1. The molecule has 1 aliphatic heterocycles. The zero-order valence-corrected chi connectivity index (χ0v) is 15.7. The van der Waals surface area contributed by atoms with Gasteiger partial charge >= 0.3 is 12.0 Å². The molecule has 1 saturated heterocycles. The number of carbonyl (C=O) groups excluding carboxylic acids is 2. The lowest BCUT2D eigenvalue weighted by atomic mass is 10.2. The highest BCUT2D eigenvalue weighted by molar-refractivity contribution is 5.91. The van der Waals surface area contributed by atoms with Crippen LogP contribution in [0.1, 0.15) is 22.8 Å². The number of esters is 1. The number of hydrogen-bond donors (Lipinski definition) is 1. The van der Waals surface area contributed by atoms with E-state index in [9.17, 15) is 9.59 Å². The van der Waals surface area contributed by atoms with Gasteiger partial charge in [0.1, 0.15) is 6.07 Å². The maximum atomic E-state index is 12.5. The molecular weight excluding hydrogens is 356 g/mol. The van der Waals surface area contributed by atoms with Crippen molar-refractivity contribution in [1.29, 1.82) is 5.26 Å². The van der Waals surface area contributed by atoms with Crippen molar-refractivity contribution in [2.24, 2.45) is 0 Å². The van der Waals surface area contributed by atoms with Crippen molar-refractivity contribution in [3.8, 4) is 6.07 Å². The highest BCUT2D eigenvalue weighted by Crippen LogP contribution is 2.19. The van der Waals surface area contributed by atoms with Crippen molar-refractivity contribution in [3.63, 3.8) is 0 Å². The van der Waals surface area contributed by atoms with Crippen LogP contribution >= 0.6 is 0 Å². The zero-order valence-electron chi connectivity index (χ0n) is 15.7. The molecule has 3 rings (SSSR count). The zero-order chi connectivity index (χ0) is 19.9. The van der Waals surface area contributed by atoms with Gasteiger partial charge in [0.2, 0.25) is 0 Å². The number of urea groups is 1. The summed E-state index contributed by atoms with van der Waals surface area (Å²) in [5, 5.41) is 11.9. The molecule has 2 aromatic carbocycles. The van der Waals surface area contributed by atoms with Crippen molar-refractivity contribution in [2.45, 2.75) is 6.92 Å². The first kappa shape index (κ1) is 19.2. The molecule has 0 aromatic heterocycles. The predicted octanol–water partition coefficient (Wildman–Crippen LogP) is 3.09. The maximum absolute atomic E-state index is 12.5. The first-order valence-corrected chi connectivity index (χ1v) is 9.19. The third-order valence-corrected chi connectivity index (χ3v) is 4.60. The normalized spacial score (nSPS) is 13.6. The fourth-order valence-corrected chi connectivity index (χ4v) is 3.07. The minimum Gasteiger partial charge on any atom is -0.462 e. The quantitative estimate of drug-likeness (QED) is 0.827. The smallest absolute Gasteiger partial charge is 0.338 e. The van der Waals surface area contributed by atoms with Gasteiger partial charge in [-0.3, -0.25) is 0 Å². The molecule has 0 radical (unpaired) electrons. The molecule has 1 heterocycles. The van der Waals surface area contributed by atoms with Crippen molar-refractivity contribution < 1.29 is 14.3 Å². The van der Waals surface area contributed by atoms with Gasteiger partial charge in [-0.05, 0) is 43.3 Å².